The minimum absolute atomic E-state index is 0.194. The Kier molecular flexibility index (Phi) is 3.92. The molecule has 108 valence electrons. The molecule has 1 N–H and O–H groups in total. The quantitative estimate of drug-likeness (QED) is 0.732. The smallest absolute Gasteiger partial charge is 0.155 e. The summed E-state index contributed by atoms with van der Waals surface area (Å²) in [4.78, 5) is 4.37. The fraction of sp³-hybridized carbons (Fsp3) is 0.250. The summed E-state index contributed by atoms with van der Waals surface area (Å²) in [5.41, 5.74) is 4.04. The van der Waals surface area contributed by atoms with Gasteiger partial charge in [0.05, 0.1) is 5.69 Å². The Morgan fingerprint density at radius 2 is 2.00 bits per heavy atom. The zero-order chi connectivity index (χ0) is 14.7. The normalized spacial score (nSPS) is 11.1. The van der Waals surface area contributed by atoms with E-state index in [2.05, 4.69) is 15.4 Å². The largest absolute Gasteiger partial charge is 0.312 e. The molecule has 0 bridgehead atoms. The average Bonchev–Trinajstić information content (AvgIpc) is 2.85. The van der Waals surface area contributed by atoms with Crippen LogP contribution < -0.4 is 5.32 Å². The fourth-order valence-electron chi connectivity index (χ4n) is 2.24. The van der Waals surface area contributed by atoms with Crippen molar-refractivity contribution in [3.05, 3.63) is 65.4 Å². The molecule has 0 spiro atoms. The Bertz CT molecular complexity index is 734. The van der Waals surface area contributed by atoms with E-state index in [1.165, 1.54) is 12.1 Å². The number of aryl methyl sites for hydroxylation is 1. The highest BCUT2D eigenvalue weighted by Gasteiger charge is 2.01. The highest BCUT2D eigenvalue weighted by molar-refractivity contribution is 5.38. The van der Waals surface area contributed by atoms with E-state index in [1.54, 1.807) is 4.52 Å². The van der Waals surface area contributed by atoms with Crippen LogP contribution in [0.3, 0.4) is 0 Å². The Balaban J connectivity index is 1.53. The molecular formula is C16H17FN4. The number of hydrogen-bond acceptors (Lipinski definition) is 3. The van der Waals surface area contributed by atoms with Crippen LogP contribution in [0, 0.1) is 12.7 Å². The molecule has 21 heavy (non-hydrogen) atoms. The molecule has 4 nitrogen and oxygen atoms in total. The molecule has 5 heteroatoms. The summed E-state index contributed by atoms with van der Waals surface area (Å²) in [6, 6.07) is 8.57. The average molecular weight is 284 g/mol. The fourth-order valence-corrected chi connectivity index (χ4v) is 2.24. The SMILES string of the molecule is Cc1cc2ncc(CNCCc3ccc(F)cc3)cn2n1. The first-order valence-electron chi connectivity index (χ1n) is 6.97. The topological polar surface area (TPSA) is 42.2 Å². The van der Waals surface area contributed by atoms with Crippen LogP contribution in [0.2, 0.25) is 0 Å². The van der Waals surface area contributed by atoms with Gasteiger partial charge in [-0.3, -0.25) is 0 Å². The number of hydrogen-bond donors (Lipinski definition) is 1. The lowest BCUT2D eigenvalue weighted by Crippen LogP contribution is -2.17. The van der Waals surface area contributed by atoms with Crippen LogP contribution in [0.5, 0.6) is 0 Å². The van der Waals surface area contributed by atoms with Crippen molar-refractivity contribution in [1.29, 1.82) is 0 Å². The molecule has 0 amide bonds. The zero-order valence-electron chi connectivity index (χ0n) is 11.9. The second-order valence-corrected chi connectivity index (χ2v) is 5.10. The van der Waals surface area contributed by atoms with Crippen molar-refractivity contribution in [2.45, 2.75) is 19.9 Å². The number of nitrogens with zero attached hydrogens (tertiary/aromatic N) is 3. The summed E-state index contributed by atoms with van der Waals surface area (Å²) in [7, 11) is 0. The van der Waals surface area contributed by atoms with Gasteiger partial charge in [-0.15, -0.1) is 0 Å². The van der Waals surface area contributed by atoms with E-state index in [0.717, 1.165) is 42.0 Å². The van der Waals surface area contributed by atoms with Gasteiger partial charge in [0.2, 0.25) is 0 Å². The van der Waals surface area contributed by atoms with Crippen molar-refractivity contribution >= 4 is 5.65 Å². The third-order valence-electron chi connectivity index (χ3n) is 3.32. The highest BCUT2D eigenvalue weighted by Crippen LogP contribution is 2.05. The minimum atomic E-state index is -0.194. The van der Waals surface area contributed by atoms with Gasteiger partial charge < -0.3 is 5.32 Å². The van der Waals surface area contributed by atoms with E-state index in [1.807, 2.05) is 37.5 Å². The van der Waals surface area contributed by atoms with E-state index in [4.69, 9.17) is 0 Å². The monoisotopic (exact) mass is 284 g/mol. The van der Waals surface area contributed by atoms with Crippen LogP contribution in [0.4, 0.5) is 4.39 Å². The molecule has 0 aliphatic rings. The molecule has 3 aromatic rings. The van der Waals surface area contributed by atoms with Crippen molar-refractivity contribution in [2.75, 3.05) is 6.54 Å². The van der Waals surface area contributed by atoms with Crippen LogP contribution in [0.15, 0.2) is 42.7 Å². The molecule has 0 atom stereocenters. The second kappa shape index (κ2) is 6.01. The lowest BCUT2D eigenvalue weighted by Gasteiger charge is -2.05. The van der Waals surface area contributed by atoms with Crippen LogP contribution in [-0.2, 0) is 13.0 Å². The van der Waals surface area contributed by atoms with Gasteiger partial charge in [-0.05, 0) is 37.6 Å². The van der Waals surface area contributed by atoms with E-state index in [9.17, 15) is 4.39 Å². The molecule has 0 saturated heterocycles. The lowest BCUT2D eigenvalue weighted by molar-refractivity contribution is 0.626. The maximum absolute atomic E-state index is 12.8. The predicted octanol–water partition coefficient (Wildman–Crippen LogP) is 2.51. The molecule has 0 aliphatic heterocycles. The van der Waals surface area contributed by atoms with Crippen LogP contribution in [0.25, 0.3) is 5.65 Å². The first kappa shape index (κ1) is 13.7. The number of rotatable bonds is 5. The molecule has 0 radical (unpaired) electrons. The maximum Gasteiger partial charge on any atom is 0.155 e. The third kappa shape index (κ3) is 3.44. The summed E-state index contributed by atoms with van der Waals surface area (Å²) in [6.07, 6.45) is 4.72. The van der Waals surface area contributed by atoms with Crippen molar-refractivity contribution < 1.29 is 4.39 Å². The number of benzene rings is 1. The molecule has 0 aliphatic carbocycles. The molecule has 0 unspecified atom stereocenters. The molecule has 2 heterocycles. The van der Waals surface area contributed by atoms with Gasteiger partial charge in [0, 0.05) is 30.6 Å². The van der Waals surface area contributed by atoms with Gasteiger partial charge in [0.15, 0.2) is 5.65 Å². The van der Waals surface area contributed by atoms with E-state index in [-0.39, 0.29) is 5.82 Å². The molecule has 3 rings (SSSR count). The van der Waals surface area contributed by atoms with E-state index >= 15 is 0 Å². The van der Waals surface area contributed by atoms with E-state index in [0.29, 0.717) is 0 Å². The number of fused-ring (bicyclic) bond motifs is 1. The standard InChI is InChI=1S/C16H17FN4/c1-12-8-16-19-10-14(11-21(16)20-12)9-18-7-6-13-2-4-15(17)5-3-13/h2-5,8,10-11,18H,6-7,9H2,1H3. The minimum Gasteiger partial charge on any atom is -0.312 e. The van der Waals surface area contributed by atoms with Crippen LogP contribution >= 0.6 is 0 Å². The molecule has 0 fully saturated rings. The number of aromatic nitrogens is 3. The first-order chi connectivity index (χ1) is 10.2. The Morgan fingerprint density at radius 1 is 1.19 bits per heavy atom. The number of nitrogens with one attached hydrogen (secondary N) is 1. The molecular weight excluding hydrogens is 267 g/mol. The van der Waals surface area contributed by atoms with Crippen LogP contribution in [-0.4, -0.2) is 21.1 Å². The Labute approximate surface area is 122 Å². The second-order valence-electron chi connectivity index (χ2n) is 5.10. The van der Waals surface area contributed by atoms with Crippen molar-refractivity contribution in [3.63, 3.8) is 0 Å². The maximum atomic E-state index is 12.8. The summed E-state index contributed by atoms with van der Waals surface area (Å²) < 4.78 is 14.6. The third-order valence-corrected chi connectivity index (χ3v) is 3.32. The van der Waals surface area contributed by atoms with Crippen molar-refractivity contribution in [1.82, 2.24) is 19.9 Å². The van der Waals surface area contributed by atoms with Gasteiger partial charge in [0.25, 0.3) is 0 Å². The summed E-state index contributed by atoms with van der Waals surface area (Å²) in [6.45, 7) is 3.53. The lowest BCUT2D eigenvalue weighted by atomic mass is 10.1. The van der Waals surface area contributed by atoms with Gasteiger partial charge >= 0.3 is 0 Å². The number of halogens is 1. The van der Waals surface area contributed by atoms with Crippen molar-refractivity contribution in [3.8, 4) is 0 Å². The summed E-state index contributed by atoms with van der Waals surface area (Å²) in [5, 5.41) is 7.71. The van der Waals surface area contributed by atoms with Gasteiger partial charge in [-0.2, -0.15) is 5.10 Å². The highest BCUT2D eigenvalue weighted by atomic mass is 19.1. The summed E-state index contributed by atoms with van der Waals surface area (Å²) >= 11 is 0. The van der Waals surface area contributed by atoms with Crippen LogP contribution in [0.1, 0.15) is 16.8 Å². The van der Waals surface area contributed by atoms with Gasteiger partial charge in [-0.1, -0.05) is 12.1 Å². The predicted molar refractivity (Wildman–Crippen MR) is 79.5 cm³/mol. The summed E-state index contributed by atoms with van der Waals surface area (Å²) in [5.74, 6) is -0.194. The zero-order valence-corrected chi connectivity index (χ0v) is 11.9. The molecule has 1 aromatic carbocycles. The Morgan fingerprint density at radius 3 is 2.81 bits per heavy atom. The van der Waals surface area contributed by atoms with Gasteiger partial charge in [0.1, 0.15) is 5.82 Å². The molecule has 2 aromatic heterocycles. The first-order valence-corrected chi connectivity index (χ1v) is 6.97. The Hall–Kier alpha value is -2.27. The molecule has 0 saturated carbocycles. The van der Waals surface area contributed by atoms with Crippen molar-refractivity contribution in [2.24, 2.45) is 0 Å². The van der Waals surface area contributed by atoms with Gasteiger partial charge in [-0.25, -0.2) is 13.9 Å². The van der Waals surface area contributed by atoms with E-state index < -0.39 is 0 Å².